The molecule has 0 aromatic heterocycles. The number of hydrogen-bond acceptors (Lipinski definition) is 7. The summed E-state index contributed by atoms with van der Waals surface area (Å²) in [5.74, 6) is -0.793. The van der Waals surface area contributed by atoms with Crippen LogP contribution in [0, 0.1) is 0 Å². The van der Waals surface area contributed by atoms with Gasteiger partial charge in [-0.2, -0.15) is 0 Å². The normalized spacial score (nSPS) is 13.7. The highest BCUT2D eigenvalue weighted by atomic mass is 31.2. The quantitative estimate of drug-likeness (QED) is 0.0211. The number of likely N-dealkylation sites (N-methyl/N-ethyl adjacent to an activating group) is 1. The molecule has 0 aromatic rings. The maximum atomic E-state index is 12.9. The van der Waals surface area contributed by atoms with E-state index in [0.717, 1.165) is 96.3 Å². The average Bonchev–Trinajstić information content (AvgIpc) is 3.51. The lowest BCUT2D eigenvalue weighted by Gasteiger charge is -2.24. The van der Waals surface area contributed by atoms with Gasteiger partial charge >= 0.3 is 19.8 Å². The molecular formula is C75H135NO8P+. The molecule has 0 fully saturated rings. The van der Waals surface area contributed by atoms with Crippen LogP contribution >= 0.6 is 7.82 Å². The first kappa shape index (κ1) is 81.9. The zero-order valence-electron chi connectivity index (χ0n) is 56.1. The van der Waals surface area contributed by atoms with Crippen LogP contribution in [0.2, 0.25) is 0 Å². The maximum absolute atomic E-state index is 12.9. The van der Waals surface area contributed by atoms with Gasteiger partial charge in [-0.15, -0.1) is 0 Å². The maximum Gasteiger partial charge on any atom is 0.472 e. The van der Waals surface area contributed by atoms with Crippen molar-refractivity contribution in [3.63, 3.8) is 0 Å². The van der Waals surface area contributed by atoms with Crippen LogP contribution in [0.1, 0.15) is 316 Å². The van der Waals surface area contributed by atoms with Gasteiger partial charge in [0.1, 0.15) is 19.8 Å². The molecule has 0 rings (SSSR count). The molecule has 0 aliphatic heterocycles. The van der Waals surface area contributed by atoms with E-state index in [-0.39, 0.29) is 32.0 Å². The molecule has 0 aromatic carbocycles. The molecule has 0 amide bonds. The fraction of sp³-hybridized carbons (Fsp3) is 0.760. The number of carbonyl (C=O) groups is 2. The number of nitrogens with zero attached hydrogens (tertiary/aromatic N) is 1. The Hall–Kier alpha value is -3.07. The molecule has 0 saturated heterocycles. The minimum atomic E-state index is -4.40. The van der Waals surface area contributed by atoms with Gasteiger partial charge in [0.2, 0.25) is 0 Å². The van der Waals surface area contributed by atoms with Gasteiger partial charge in [-0.1, -0.05) is 323 Å². The minimum absolute atomic E-state index is 0.0287. The molecule has 9 nitrogen and oxygen atoms in total. The SMILES string of the molecule is CC/C=C\C/C=C\C/C=C\C/C=C\C/C=C\C/C=C\C/C=C\C/C=C\CCCCCCCCCCCCC(=O)OC(COC(=O)CCCCCCCCCCCCCCCCCCCCCCCCCCCC)COP(=O)(O)OCC[N+](C)(C)C. The Labute approximate surface area is 525 Å². The number of hydrogen-bond donors (Lipinski definition) is 1. The first-order chi connectivity index (χ1) is 41.5. The van der Waals surface area contributed by atoms with Crippen LogP contribution in [0.3, 0.4) is 0 Å². The van der Waals surface area contributed by atoms with Gasteiger partial charge < -0.3 is 18.9 Å². The second-order valence-corrected chi connectivity index (χ2v) is 26.4. The van der Waals surface area contributed by atoms with Crippen LogP contribution < -0.4 is 0 Å². The molecule has 0 saturated carbocycles. The van der Waals surface area contributed by atoms with Crippen LogP contribution in [0.5, 0.6) is 0 Å². The van der Waals surface area contributed by atoms with Crippen molar-refractivity contribution in [1.29, 1.82) is 0 Å². The summed E-state index contributed by atoms with van der Waals surface area (Å²) in [6.07, 6.45) is 90.8. The Kier molecular flexibility index (Phi) is 63.0. The fourth-order valence-corrected chi connectivity index (χ4v) is 10.7. The third kappa shape index (κ3) is 69.9. The Morgan fingerprint density at radius 3 is 1.00 bits per heavy atom. The number of phosphoric acid groups is 1. The summed E-state index contributed by atoms with van der Waals surface area (Å²) in [4.78, 5) is 35.9. The van der Waals surface area contributed by atoms with Crippen molar-refractivity contribution in [2.45, 2.75) is 322 Å². The van der Waals surface area contributed by atoms with Crippen LogP contribution in [0.4, 0.5) is 0 Å². The van der Waals surface area contributed by atoms with Gasteiger partial charge in [0, 0.05) is 12.8 Å². The number of ether oxygens (including phenoxy) is 2. The van der Waals surface area contributed by atoms with Crippen molar-refractivity contribution in [3.8, 4) is 0 Å². The van der Waals surface area contributed by atoms with Gasteiger partial charge in [0.15, 0.2) is 6.10 Å². The molecular weight excluding hydrogens is 1070 g/mol. The predicted molar refractivity (Wildman–Crippen MR) is 367 cm³/mol. The van der Waals surface area contributed by atoms with E-state index in [9.17, 15) is 19.0 Å². The van der Waals surface area contributed by atoms with Gasteiger partial charge in [0.25, 0.3) is 0 Å². The van der Waals surface area contributed by atoms with Gasteiger partial charge in [-0.3, -0.25) is 18.6 Å². The molecule has 1 N–H and O–H groups in total. The highest BCUT2D eigenvalue weighted by Crippen LogP contribution is 2.43. The summed E-state index contributed by atoms with van der Waals surface area (Å²) in [7, 11) is 1.48. The second-order valence-electron chi connectivity index (χ2n) is 24.9. The molecule has 0 aliphatic rings. The summed E-state index contributed by atoms with van der Waals surface area (Å²) in [5, 5.41) is 0. The van der Waals surface area contributed by atoms with Crippen molar-refractivity contribution >= 4 is 19.8 Å². The summed E-state index contributed by atoms with van der Waals surface area (Å²) < 4.78 is 34.7. The number of quaternary nitrogens is 1. The van der Waals surface area contributed by atoms with Crippen LogP contribution in [-0.2, 0) is 32.7 Å². The molecule has 0 bridgehead atoms. The van der Waals surface area contributed by atoms with Gasteiger partial charge in [0.05, 0.1) is 27.7 Å². The molecule has 85 heavy (non-hydrogen) atoms. The standard InChI is InChI=1S/C75H134NO8P/c1-6-8-10-12-14-16-18-20-22-24-26-28-30-32-34-35-36-37-38-39-40-41-42-44-46-48-50-52-54-56-58-60-62-64-66-68-75(78)84-73(72-83-85(79,80)82-70-69-76(3,4)5)71-81-74(77)67-65-63-61-59-57-55-53-51-49-47-45-43-33-31-29-27-25-23-21-19-17-15-13-11-9-7-2/h8,10,14,16,20,22,26,28,32,34,36-37,39-40,42,44,73H,6-7,9,11-13,15,17-19,21,23-25,27,29-31,33,35,38,41,43,45-72H2,1-5H3/p+1/b10-8-,16-14-,22-20-,28-26-,34-32-,37-36-,40-39-,44-42-. The van der Waals surface area contributed by atoms with E-state index in [1.807, 2.05) is 21.1 Å². The smallest absolute Gasteiger partial charge is 0.462 e. The van der Waals surface area contributed by atoms with Gasteiger partial charge in [-0.25, -0.2) is 4.57 Å². The lowest BCUT2D eigenvalue weighted by Crippen LogP contribution is -2.37. The number of phosphoric ester groups is 1. The summed E-state index contributed by atoms with van der Waals surface area (Å²) >= 11 is 0. The molecule has 0 heterocycles. The Balaban J connectivity index is 4.07. The van der Waals surface area contributed by atoms with E-state index in [4.69, 9.17) is 18.5 Å². The van der Waals surface area contributed by atoms with E-state index in [1.165, 1.54) is 186 Å². The number of unbranched alkanes of at least 4 members (excludes halogenated alkanes) is 35. The molecule has 2 atom stereocenters. The first-order valence-corrected chi connectivity index (χ1v) is 37.0. The molecule has 10 heteroatoms. The fourth-order valence-electron chi connectivity index (χ4n) is 9.98. The van der Waals surface area contributed by atoms with Crippen molar-refractivity contribution in [2.75, 3.05) is 47.5 Å². The summed E-state index contributed by atoms with van der Waals surface area (Å²) in [6, 6.07) is 0. The van der Waals surface area contributed by atoms with Crippen molar-refractivity contribution in [2.24, 2.45) is 0 Å². The minimum Gasteiger partial charge on any atom is -0.462 e. The predicted octanol–water partition coefficient (Wildman–Crippen LogP) is 23.1. The largest absolute Gasteiger partial charge is 0.472 e. The van der Waals surface area contributed by atoms with E-state index >= 15 is 0 Å². The molecule has 0 spiro atoms. The first-order valence-electron chi connectivity index (χ1n) is 35.5. The third-order valence-corrected chi connectivity index (χ3v) is 16.4. The van der Waals surface area contributed by atoms with E-state index in [0.29, 0.717) is 17.4 Å². The van der Waals surface area contributed by atoms with E-state index in [1.54, 1.807) is 0 Å². The highest BCUT2D eigenvalue weighted by Gasteiger charge is 2.27. The Morgan fingerprint density at radius 2 is 0.671 bits per heavy atom. The topological polar surface area (TPSA) is 108 Å². The molecule has 0 aliphatic carbocycles. The third-order valence-electron chi connectivity index (χ3n) is 15.4. The Bertz CT molecular complexity index is 1760. The highest BCUT2D eigenvalue weighted by molar-refractivity contribution is 7.47. The molecule has 2 unspecified atom stereocenters. The lowest BCUT2D eigenvalue weighted by molar-refractivity contribution is -0.870. The molecule has 492 valence electrons. The summed E-state index contributed by atoms with van der Waals surface area (Å²) in [6.45, 7) is 4.36. The van der Waals surface area contributed by atoms with Crippen molar-refractivity contribution < 1.29 is 42.1 Å². The average molecular weight is 1210 g/mol. The van der Waals surface area contributed by atoms with E-state index in [2.05, 4.69) is 111 Å². The molecule has 0 radical (unpaired) electrons. The zero-order chi connectivity index (χ0) is 61.9. The monoisotopic (exact) mass is 1210 g/mol. The van der Waals surface area contributed by atoms with Crippen LogP contribution in [0.15, 0.2) is 97.2 Å². The second kappa shape index (κ2) is 65.4. The van der Waals surface area contributed by atoms with Gasteiger partial charge in [-0.05, 0) is 77.0 Å². The summed E-state index contributed by atoms with van der Waals surface area (Å²) in [5.41, 5.74) is 0. The number of allylic oxidation sites excluding steroid dienone is 16. The lowest BCUT2D eigenvalue weighted by atomic mass is 10.0. The van der Waals surface area contributed by atoms with Crippen molar-refractivity contribution in [1.82, 2.24) is 0 Å². The van der Waals surface area contributed by atoms with E-state index < -0.39 is 26.5 Å². The Morgan fingerprint density at radius 1 is 0.376 bits per heavy atom. The zero-order valence-corrected chi connectivity index (χ0v) is 57.0. The van der Waals surface area contributed by atoms with Crippen molar-refractivity contribution in [3.05, 3.63) is 97.2 Å². The van der Waals surface area contributed by atoms with Crippen LogP contribution in [0.25, 0.3) is 0 Å². The number of carbonyl (C=O) groups excluding carboxylic acids is 2. The number of rotatable bonds is 65. The number of esters is 2. The van der Waals surface area contributed by atoms with Crippen LogP contribution in [-0.4, -0.2) is 74.9 Å².